The SMILES string of the molecule is CCCN(CCS(=O)(=O)O)C(=O)C(N)C(C=O)CO. The molecule has 0 heterocycles. The van der Waals surface area contributed by atoms with Gasteiger partial charge < -0.3 is 20.5 Å². The fourth-order valence-electron chi connectivity index (χ4n) is 1.46. The van der Waals surface area contributed by atoms with Crippen molar-refractivity contribution < 1.29 is 27.7 Å². The number of rotatable bonds is 9. The number of carbonyl (C=O) groups is 2. The van der Waals surface area contributed by atoms with Crippen molar-refractivity contribution in [2.45, 2.75) is 19.4 Å². The number of hydrogen-bond acceptors (Lipinski definition) is 6. The van der Waals surface area contributed by atoms with Gasteiger partial charge in [-0.2, -0.15) is 8.42 Å². The Kier molecular flexibility index (Phi) is 7.76. The Morgan fingerprint density at radius 1 is 1.42 bits per heavy atom. The molecule has 112 valence electrons. The Bertz CT molecular complexity index is 397. The molecule has 0 saturated carbocycles. The number of nitrogens with zero attached hydrogens (tertiary/aromatic N) is 1. The third-order valence-electron chi connectivity index (χ3n) is 2.56. The van der Waals surface area contributed by atoms with E-state index in [1.807, 2.05) is 0 Å². The molecular weight excluding hydrogens is 276 g/mol. The Morgan fingerprint density at radius 2 is 2.00 bits per heavy atom. The Morgan fingerprint density at radius 3 is 2.37 bits per heavy atom. The van der Waals surface area contributed by atoms with Gasteiger partial charge in [0.1, 0.15) is 6.29 Å². The summed E-state index contributed by atoms with van der Waals surface area (Å²) in [6.45, 7) is 1.26. The average Bonchev–Trinajstić information content (AvgIpc) is 2.33. The predicted octanol–water partition coefficient (Wildman–Crippen LogP) is -1.75. The lowest BCUT2D eigenvalue weighted by atomic mass is 10.0. The molecule has 0 bridgehead atoms. The normalized spacial score (nSPS) is 14.7. The van der Waals surface area contributed by atoms with Gasteiger partial charge in [-0.05, 0) is 6.42 Å². The molecule has 0 saturated heterocycles. The third-order valence-corrected chi connectivity index (χ3v) is 3.25. The lowest BCUT2D eigenvalue weighted by Gasteiger charge is -2.26. The van der Waals surface area contributed by atoms with E-state index < -0.39 is 40.3 Å². The van der Waals surface area contributed by atoms with Crippen molar-refractivity contribution in [1.29, 1.82) is 0 Å². The quantitative estimate of drug-likeness (QED) is 0.338. The summed E-state index contributed by atoms with van der Waals surface area (Å²) in [7, 11) is -4.18. The molecule has 0 spiro atoms. The molecular formula is C10H20N2O6S. The molecule has 0 aromatic rings. The molecule has 8 nitrogen and oxygen atoms in total. The van der Waals surface area contributed by atoms with Gasteiger partial charge in [0, 0.05) is 13.1 Å². The Balaban J connectivity index is 4.77. The van der Waals surface area contributed by atoms with Gasteiger partial charge in [-0.1, -0.05) is 6.92 Å². The van der Waals surface area contributed by atoms with Gasteiger partial charge in [0.05, 0.1) is 24.3 Å². The van der Waals surface area contributed by atoms with E-state index in [9.17, 15) is 18.0 Å². The maximum absolute atomic E-state index is 12.0. The van der Waals surface area contributed by atoms with Crippen molar-refractivity contribution in [3.63, 3.8) is 0 Å². The molecule has 2 unspecified atom stereocenters. The highest BCUT2D eigenvalue weighted by Crippen LogP contribution is 2.04. The second-order valence-corrected chi connectivity index (χ2v) is 5.69. The Labute approximate surface area is 112 Å². The monoisotopic (exact) mass is 296 g/mol. The van der Waals surface area contributed by atoms with Gasteiger partial charge in [0.15, 0.2) is 0 Å². The van der Waals surface area contributed by atoms with Crippen LogP contribution in [0.3, 0.4) is 0 Å². The third kappa shape index (κ3) is 6.62. The highest BCUT2D eigenvalue weighted by molar-refractivity contribution is 7.85. The van der Waals surface area contributed by atoms with Gasteiger partial charge in [0.25, 0.3) is 10.1 Å². The van der Waals surface area contributed by atoms with Gasteiger partial charge >= 0.3 is 0 Å². The van der Waals surface area contributed by atoms with E-state index in [4.69, 9.17) is 15.4 Å². The largest absolute Gasteiger partial charge is 0.396 e. The topological polar surface area (TPSA) is 138 Å². The van der Waals surface area contributed by atoms with Gasteiger partial charge in [-0.3, -0.25) is 9.35 Å². The highest BCUT2D eigenvalue weighted by Gasteiger charge is 2.28. The van der Waals surface area contributed by atoms with Crippen LogP contribution in [-0.2, 0) is 19.7 Å². The van der Waals surface area contributed by atoms with Crippen molar-refractivity contribution in [3.05, 3.63) is 0 Å². The average molecular weight is 296 g/mol. The zero-order valence-corrected chi connectivity index (χ0v) is 11.5. The van der Waals surface area contributed by atoms with Crippen LogP contribution >= 0.6 is 0 Å². The second-order valence-electron chi connectivity index (χ2n) is 4.12. The summed E-state index contributed by atoms with van der Waals surface area (Å²) in [5.74, 6) is -2.26. The van der Waals surface area contributed by atoms with Crippen molar-refractivity contribution in [2.24, 2.45) is 11.7 Å². The summed E-state index contributed by atoms with van der Waals surface area (Å²) in [4.78, 5) is 23.8. The number of hydrogen-bond donors (Lipinski definition) is 3. The lowest BCUT2D eigenvalue weighted by Crippen LogP contribution is -2.50. The van der Waals surface area contributed by atoms with Gasteiger partial charge in [-0.15, -0.1) is 0 Å². The number of aliphatic hydroxyl groups excluding tert-OH is 1. The highest BCUT2D eigenvalue weighted by atomic mass is 32.2. The number of amides is 1. The van der Waals surface area contributed by atoms with Crippen LogP contribution in [0.5, 0.6) is 0 Å². The fraction of sp³-hybridized carbons (Fsp3) is 0.800. The van der Waals surface area contributed by atoms with Crippen LogP contribution in [0.2, 0.25) is 0 Å². The van der Waals surface area contributed by atoms with Crippen LogP contribution in [-0.4, -0.2) is 66.7 Å². The first-order chi connectivity index (χ1) is 8.76. The summed E-state index contributed by atoms with van der Waals surface area (Å²) in [6.07, 6.45) is 0.949. The van der Waals surface area contributed by atoms with Gasteiger partial charge in [-0.25, -0.2) is 0 Å². The number of aliphatic hydroxyl groups is 1. The lowest BCUT2D eigenvalue weighted by molar-refractivity contribution is -0.135. The van der Waals surface area contributed by atoms with Crippen LogP contribution in [0.1, 0.15) is 13.3 Å². The molecule has 19 heavy (non-hydrogen) atoms. The molecule has 0 radical (unpaired) electrons. The molecule has 4 N–H and O–H groups in total. The van der Waals surface area contributed by atoms with Crippen LogP contribution in [0.15, 0.2) is 0 Å². The zero-order valence-electron chi connectivity index (χ0n) is 10.7. The molecule has 0 aromatic heterocycles. The maximum atomic E-state index is 12.0. The summed E-state index contributed by atoms with van der Waals surface area (Å²) in [5.41, 5.74) is 5.56. The van der Waals surface area contributed by atoms with Crippen LogP contribution in [0, 0.1) is 5.92 Å². The van der Waals surface area contributed by atoms with Crippen molar-refractivity contribution >= 4 is 22.3 Å². The minimum atomic E-state index is -4.18. The van der Waals surface area contributed by atoms with Crippen LogP contribution in [0.4, 0.5) is 0 Å². The smallest absolute Gasteiger partial charge is 0.266 e. The molecule has 0 aliphatic heterocycles. The number of nitrogens with two attached hydrogens (primary N) is 1. The molecule has 1 amide bonds. The summed E-state index contributed by atoms with van der Waals surface area (Å²) in [5, 5.41) is 8.90. The van der Waals surface area contributed by atoms with E-state index in [1.165, 1.54) is 0 Å². The maximum Gasteiger partial charge on any atom is 0.266 e. The van der Waals surface area contributed by atoms with Crippen molar-refractivity contribution in [1.82, 2.24) is 4.90 Å². The van der Waals surface area contributed by atoms with Gasteiger partial charge in [0.2, 0.25) is 5.91 Å². The first-order valence-electron chi connectivity index (χ1n) is 5.82. The van der Waals surface area contributed by atoms with Crippen molar-refractivity contribution in [2.75, 3.05) is 25.4 Å². The summed E-state index contributed by atoms with van der Waals surface area (Å²) in [6, 6.07) is -1.23. The predicted molar refractivity (Wildman–Crippen MR) is 67.9 cm³/mol. The molecule has 0 fully saturated rings. The summed E-state index contributed by atoms with van der Waals surface area (Å²) < 4.78 is 30.0. The second kappa shape index (κ2) is 8.20. The van der Waals surface area contributed by atoms with E-state index in [0.717, 1.165) is 4.90 Å². The van der Waals surface area contributed by atoms with E-state index >= 15 is 0 Å². The molecule has 9 heteroatoms. The minimum Gasteiger partial charge on any atom is -0.396 e. The van der Waals surface area contributed by atoms with E-state index in [1.54, 1.807) is 6.92 Å². The molecule has 0 rings (SSSR count). The number of aldehydes is 1. The molecule has 0 aliphatic carbocycles. The zero-order chi connectivity index (χ0) is 15.1. The first kappa shape index (κ1) is 18.0. The fourth-order valence-corrected chi connectivity index (χ4v) is 1.91. The Hall–Kier alpha value is -1.03. The first-order valence-corrected chi connectivity index (χ1v) is 7.43. The van der Waals surface area contributed by atoms with E-state index in [2.05, 4.69) is 0 Å². The molecule has 2 atom stereocenters. The minimum absolute atomic E-state index is 0.212. The molecule has 0 aliphatic rings. The van der Waals surface area contributed by atoms with Crippen molar-refractivity contribution in [3.8, 4) is 0 Å². The van der Waals surface area contributed by atoms with E-state index in [0.29, 0.717) is 12.7 Å². The van der Waals surface area contributed by atoms with Crippen LogP contribution in [0.25, 0.3) is 0 Å². The molecule has 0 aromatic carbocycles. The number of carbonyl (C=O) groups excluding carboxylic acids is 2. The van der Waals surface area contributed by atoms with E-state index in [-0.39, 0.29) is 13.1 Å². The summed E-state index contributed by atoms with van der Waals surface area (Å²) >= 11 is 0. The standard InChI is InChI=1S/C10H20N2O6S/c1-2-3-12(4-5-19(16,17)18)10(15)9(11)8(6-13)7-14/h6,8-9,14H,2-5,7,11H2,1H3,(H,16,17,18). The van der Waals surface area contributed by atoms with Crippen LogP contribution < -0.4 is 5.73 Å².